The first-order valence-electron chi connectivity index (χ1n) is 3.57. The van der Waals surface area contributed by atoms with Crippen LogP contribution in [0.4, 0.5) is 0 Å². The minimum Gasteiger partial charge on any atom is -0.478 e. The van der Waals surface area contributed by atoms with E-state index in [4.69, 9.17) is 9.47 Å². The standard InChI is InChI=1S/C9H6O3/c10-5-7-6-11-8-3-1-2-4-9(8)12-7/h2,4-5,7H,6H2. The lowest BCUT2D eigenvalue weighted by molar-refractivity contribution is -0.115. The average Bonchev–Trinajstić information content (AvgIpc) is 2.17. The predicted octanol–water partition coefficient (Wildman–Crippen LogP) is 0.626. The van der Waals surface area contributed by atoms with Crippen molar-refractivity contribution >= 4 is 6.29 Å². The maximum atomic E-state index is 10.3. The molecule has 0 aliphatic carbocycles. The van der Waals surface area contributed by atoms with E-state index in [1.165, 1.54) is 0 Å². The second-order valence-corrected chi connectivity index (χ2v) is 2.40. The highest BCUT2D eigenvalue weighted by Gasteiger charge is 2.19. The number of hydrogen-bond acceptors (Lipinski definition) is 3. The Kier molecular flexibility index (Phi) is 1.60. The molecule has 0 amide bonds. The first kappa shape index (κ1) is 6.99. The number of fused-ring (bicyclic) bond motifs is 1. The van der Waals surface area contributed by atoms with E-state index in [-0.39, 0.29) is 6.61 Å². The van der Waals surface area contributed by atoms with E-state index in [0.717, 1.165) is 6.29 Å². The Morgan fingerprint density at radius 3 is 3.42 bits per heavy atom. The predicted molar refractivity (Wildman–Crippen MR) is 40.1 cm³/mol. The first-order chi connectivity index (χ1) is 5.90. The van der Waals surface area contributed by atoms with E-state index >= 15 is 0 Å². The Hall–Kier alpha value is -1.69. The molecule has 1 aliphatic rings. The molecule has 1 aromatic carbocycles. The molecule has 0 saturated carbocycles. The molecule has 0 spiro atoms. The van der Waals surface area contributed by atoms with Crippen molar-refractivity contribution < 1.29 is 14.3 Å². The Labute approximate surface area is 69.9 Å². The zero-order valence-electron chi connectivity index (χ0n) is 6.24. The molecule has 0 aromatic heterocycles. The van der Waals surface area contributed by atoms with Crippen LogP contribution in [0.15, 0.2) is 12.1 Å². The normalized spacial score (nSPS) is 19.5. The van der Waals surface area contributed by atoms with Gasteiger partial charge in [-0.2, -0.15) is 0 Å². The molecule has 1 unspecified atom stereocenters. The van der Waals surface area contributed by atoms with Gasteiger partial charge in [0, 0.05) is 0 Å². The number of ether oxygens (including phenoxy) is 2. The van der Waals surface area contributed by atoms with E-state index in [1.54, 1.807) is 12.1 Å². The van der Waals surface area contributed by atoms with Crippen LogP contribution in [-0.4, -0.2) is 19.0 Å². The van der Waals surface area contributed by atoms with Gasteiger partial charge in [0.15, 0.2) is 18.1 Å². The smallest absolute Gasteiger partial charge is 0.213 e. The van der Waals surface area contributed by atoms with Crippen LogP contribution in [0, 0.1) is 12.1 Å². The zero-order valence-corrected chi connectivity index (χ0v) is 6.24. The van der Waals surface area contributed by atoms with Gasteiger partial charge in [0.2, 0.25) is 5.75 Å². The molecule has 1 aliphatic heterocycles. The van der Waals surface area contributed by atoms with Crippen LogP contribution < -0.4 is 9.47 Å². The summed E-state index contributed by atoms with van der Waals surface area (Å²) < 4.78 is 10.4. The number of hydrogen-bond donors (Lipinski definition) is 0. The number of rotatable bonds is 1. The summed E-state index contributed by atoms with van der Waals surface area (Å²) in [5.41, 5.74) is 0. The van der Waals surface area contributed by atoms with Crippen molar-refractivity contribution in [1.29, 1.82) is 0 Å². The summed E-state index contributed by atoms with van der Waals surface area (Å²) in [5.74, 6) is 1.08. The third kappa shape index (κ3) is 1.08. The monoisotopic (exact) mass is 162 g/mol. The molecule has 0 fully saturated rings. The fraction of sp³-hybridized carbons (Fsp3) is 0.222. The van der Waals surface area contributed by atoms with Crippen LogP contribution in [0.1, 0.15) is 0 Å². The quantitative estimate of drug-likeness (QED) is 0.568. The second-order valence-electron chi connectivity index (χ2n) is 2.40. The molecule has 2 rings (SSSR count). The molecule has 1 heterocycles. The van der Waals surface area contributed by atoms with Gasteiger partial charge in [-0.15, -0.1) is 0 Å². The minimum absolute atomic E-state index is 0.255. The average molecular weight is 162 g/mol. The molecular weight excluding hydrogens is 156 g/mol. The van der Waals surface area contributed by atoms with Crippen molar-refractivity contribution in [2.75, 3.05) is 6.61 Å². The van der Waals surface area contributed by atoms with E-state index < -0.39 is 6.10 Å². The van der Waals surface area contributed by atoms with Crippen LogP contribution in [0.25, 0.3) is 0 Å². The van der Waals surface area contributed by atoms with E-state index in [0.29, 0.717) is 11.5 Å². The molecule has 60 valence electrons. The van der Waals surface area contributed by atoms with Gasteiger partial charge in [-0.05, 0) is 18.2 Å². The fourth-order valence-electron chi connectivity index (χ4n) is 0.992. The van der Waals surface area contributed by atoms with Gasteiger partial charge in [0.05, 0.1) is 0 Å². The van der Waals surface area contributed by atoms with Gasteiger partial charge in [-0.3, -0.25) is 4.79 Å². The number of carbonyl (C=O) groups excluding carboxylic acids is 1. The van der Waals surface area contributed by atoms with Crippen molar-refractivity contribution in [2.45, 2.75) is 6.10 Å². The number of aldehydes is 1. The molecule has 0 saturated heterocycles. The topological polar surface area (TPSA) is 35.5 Å². The minimum atomic E-state index is -0.492. The Balaban J connectivity index is 2.28. The van der Waals surface area contributed by atoms with Crippen molar-refractivity contribution in [3.63, 3.8) is 0 Å². The molecule has 12 heavy (non-hydrogen) atoms. The maximum Gasteiger partial charge on any atom is 0.213 e. The van der Waals surface area contributed by atoms with Gasteiger partial charge in [0.1, 0.15) is 6.61 Å². The highest BCUT2D eigenvalue weighted by atomic mass is 16.6. The lowest BCUT2D eigenvalue weighted by Gasteiger charge is -2.20. The summed E-state index contributed by atoms with van der Waals surface area (Å²) in [7, 11) is 0. The van der Waals surface area contributed by atoms with Crippen LogP contribution in [0.2, 0.25) is 0 Å². The van der Waals surface area contributed by atoms with Crippen molar-refractivity contribution in [1.82, 2.24) is 0 Å². The van der Waals surface area contributed by atoms with Crippen LogP contribution in [0.5, 0.6) is 11.5 Å². The lowest BCUT2D eigenvalue weighted by Crippen LogP contribution is -2.29. The van der Waals surface area contributed by atoms with Gasteiger partial charge in [-0.1, -0.05) is 6.07 Å². The van der Waals surface area contributed by atoms with Gasteiger partial charge in [-0.25, -0.2) is 0 Å². The third-order valence-electron chi connectivity index (χ3n) is 1.55. The van der Waals surface area contributed by atoms with Crippen LogP contribution >= 0.6 is 0 Å². The summed E-state index contributed by atoms with van der Waals surface area (Å²) in [6, 6.07) is 8.84. The Bertz CT molecular complexity index is 296. The fourth-order valence-corrected chi connectivity index (χ4v) is 0.992. The largest absolute Gasteiger partial charge is 0.478 e. The molecule has 0 radical (unpaired) electrons. The zero-order chi connectivity index (χ0) is 8.39. The molecule has 3 nitrogen and oxygen atoms in total. The maximum absolute atomic E-state index is 10.3. The van der Waals surface area contributed by atoms with Crippen LogP contribution in [0.3, 0.4) is 0 Å². The molecule has 1 atom stereocenters. The summed E-state index contributed by atoms with van der Waals surface area (Å²) in [5, 5.41) is 0. The van der Waals surface area contributed by atoms with Crippen molar-refractivity contribution in [2.24, 2.45) is 0 Å². The molecule has 3 heteroatoms. The molecule has 0 bridgehead atoms. The van der Waals surface area contributed by atoms with Gasteiger partial charge < -0.3 is 9.47 Å². The molecular formula is C9H6O3. The SMILES string of the molecule is O=CC1COc2c#cccc2O1. The summed E-state index contributed by atoms with van der Waals surface area (Å²) in [4.78, 5) is 10.3. The van der Waals surface area contributed by atoms with Gasteiger partial charge in [0.25, 0.3) is 0 Å². The van der Waals surface area contributed by atoms with Crippen LogP contribution in [-0.2, 0) is 4.79 Å². The first-order valence-corrected chi connectivity index (χ1v) is 3.57. The molecule has 0 N–H and O–H groups in total. The van der Waals surface area contributed by atoms with E-state index in [1.807, 2.05) is 0 Å². The van der Waals surface area contributed by atoms with Gasteiger partial charge >= 0.3 is 0 Å². The summed E-state index contributed by atoms with van der Waals surface area (Å²) >= 11 is 0. The lowest BCUT2D eigenvalue weighted by atomic mass is 10.3. The van der Waals surface area contributed by atoms with E-state index in [2.05, 4.69) is 12.1 Å². The van der Waals surface area contributed by atoms with Crippen molar-refractivity contribution in [3.8, 4) is 11.5 Å². The number of carbonyl (C=O) groups is 1. The summed E-state index contributed by atoms with van der Waals surface area (Å²) in [6.07, 6.45) is 0.230. The third-order valence-corrected chi connectivity index (χ3v) is 1.55. The Morgan fingerprint density at radius 2 is 2.58 bits per heavy atom. The van der Waals surface area contributed by atoms with E-state index in [9.17, 15) is 4.79 Å². The Morgan fingerprint density at radius 1 is 1.67 bits per heavy atom. The second kappa shape index (κ2) is 2.74. The highest BCUT2D eigenvalue weighted by molar-refractivity contribution is 5.58. The van der Waals surface area contributed by atoms with Crippen molar-refractivity contribution in [3.05, 3.63) is 24.3 Å². The molecule has 1 aromatic rings. The highest BCUT2D eigenvalue weighted by Crippen LogP contribution is 2.27. The summed E-state index contributed by atoms with van der Waals surface area (Å²) in [6.45, 7) is 0.255.